The molecule has 0 unspecified atom stereocenters. The van der Waals surface area contributed by atoms with E-state index in [1.165, 1.54) is 11.3 Å². The minimum absolute atomic E-state index is 0.270. The molecule has 0 bridgehead atoms. The lowest BCUT2D eigenvalue weighted by molar-refractivity contribution is -0.133. The Balaban J connectivity index is 1.20. The number of amides is 1. The highest BCUT2D eigenvalue weighted by molar-refractivity contribution is 5.78. The van der Waals surface area contributed by atoms with Crippen molar-refractivity contribution >= 4 is 11.6 Å². The zero-order valence-corrected chi connectivity index (χ0v) is 17.3. The number of rotatable bonds is 5. The van der Waals surface area contributed by atoms with Gasteiger partial charge < -0.3 is 9.80 Å². The van der Waals surface area contributed by atoms with Crippen molar-refractivity contribution < 1.29 is 4.79 Å². The Morgan fingerprint density at radius 2 is 1.66 bits per heavy atom. The molecule has 0 aliphatic carbocycles. The first-order valence-electron chi connectivity index (χ1n) is 10.6. The summed E-state index contributed by atoms with van der Waals surface area (Å²) in [4.78, 5) is 26.3. The molecule has 6 nitrogen and oxygen atoms in total. The first-order valence-corrected chi connectivity index (χ1v) is 10.6. The van der Waals surface area contributed by atoms with Crippen molar-refractivity contribution in [1.29, 1.82) is 0 Å². The molecule has 0 saturated carbocycles. The van der Waals surface area contributed by atoms with E-state index in [0.29, 0.717) is 6.54 Å². The Hall–Kier alpha value is -2.44. The second-order valence-corrected chi connectivity index (χ2v) is 8.08. The lowest BCUT2D eigenvalue weighted by Crippen LogP contribution is -2.53. The molecule has 1 amide bonds. The number of carbonyl (C=O) groups is 1. The van der Waals surface area contributed by atoms with Gasteiger partial charge in [0.1, 0.15) is 0 Å². The average molecular weight is 394 g/mol. The zero-order valence-electron chi connectivity index (χ0n) is 17.3. The fourth-order valence-electron chi connectivity index (χ4n) is 4.16. The second kappa shape index (κ2) is 9.37. The maximum atomic E-state index is 12.8. The largest absolute Gasteiger partial charge is 0.368 e. The van der Waals surface area contributed by atoms with E-state index < -0.39 is 0 Å². The van der Waals surface area contributed by atoms with E-state index in [2.05, 4.69) is 56.9 Å². The quantitative estimate of drug-likeness (QED) is 0.776. The molecule has 4 rings (SSSR count). The van der Waals surface area contributed by atoms with Crippen LogP contribution < -0.4 is 4.90 Å². The number of carbonyl (C=O) groups excluding carboxylic acids is 1. The molecular weight excluding hydrogens is 362 g/mol. The van der Waals surface area contributed by atoms with E-state index >= 15 is 0 Å². The smallest absolute Gasteiger partial charge is 0.236 e. The first-order chi connectivity index (χ1) is 14.2. The fourth-order valence-corrected chi connectivity index (χ4v) is 4.16. The van der Waals surface area contributed by atoms with Crippen LogP contribution in [0, 0.1) is 6.92 Å². The Labute approximate surface area is 173 Å². The van der Waals surface area contributed by atoms with Gasteiger partial charge in [-0.1, -0.05) is 18.2 Å². The average Bonchev–Trinajstić information content (AvgIpc) is 2.76. The number of hydrogen-bond acceptors (Lipinski definition) is 5. The molecule has 0 N–H and O–H groups in total. The maximum absolute atomic E-state index is 12.8. The van der Waals surface area contributed by atoms with E-state index in [1.54, 1.807) is 0 Å². The summed E-state index contributed by atoms with van der Waals surface area (Å²) < 4.78 is 0. The fraction of sp³-hybridized carbons (Fsp3) is 0.478. The second-order valence-electron chi connectivity index (χ2n) is 8.08. The van der Waals surface area contributed by atoms with Gasteiger partial charge >= 0.3 is 0 Å². The monoisotopic (exact) mass is 393 g/mol. The molecule has 0 spiro atoms. The van der Waals surface area contributed by atoms with Gasteiger partial charge in [-0.15, -0.1) is 0 Å². The summed E-state index contributed by atoms with van der Waals surface area (Å²) >= 11 is 0. The molecule has 2 fully saturated rings. The van der Waals surface area contributed by atoms with Crippen molar-refractivity contribution in [2.45, 2.75) is 13.5 Å². The molecule has 2 aliphatic rings. The van der Waals surface area contributed by atoms with Gasteiger partial charge in [0.25, 0.3) is 0 Å². The van der Waals surface area contributed by atoms with E-state index in [-0.39, 0.29) is 5.91 Å². The Bertz CT molecular complexity index is 796. The van der Waals surface area contributed by atoms with Crippen LogP contribution in [0.2, 0.25) is 0 Å². The van der Waals surface area contributed by atoms with Crippen LogP contribution in [0.3, 0.4) is 0 Å². The Morgan fingerprint density at radius 3 is 2.34 bits per heavy atom. The number of anilines is 1. The van der Waals surface area contributed by atoms with Crippen LogP contribution in [0.4, 0.5) is 5.69 Å². The van der Waals surface area contributed by atoms with E-state index in [1.807, 2.05) is 23.2 Å². The Kier molecular flexibility index (Phi) is 6.42. The summed E-state index contributed by atoms with van der Waals surface area (Å²) in [6, 6.07) is 14.7. The SMILES string of the molecule is Cc1cccc(N2CCN(C(=O)CN3CCN(Cc4ccccn4)CC3)CC2)c1. The lowest BCUT2D eigenvalue weighted by atomic mass is 10.2. The first kappa shape index (κ1) is 19.9. The van der Waals surface area contributed by atoms with Crippen molar-refractivity contribution in [2.24, 2.45) is 0 Å². The van der Waals surface area contributed by atoms with Crippen molar-refractivity contribution in [1.82, 2.24) is 19.7 Å². The van der Waals surface area contributed by atoms with Gasteiger partial charge in [-0.3, -0.25) is 19.6 Å². The van der Waals surface area contributed by atoms with Crippen molar-refractivity contribution in [2.75, 3.05) is 63.8 Å². The molecule has 2 saturated heterocycles. The summed E-state index contributed by atoms with van der Waals surface area (Å²) in [7, 11) is 0. The van der Waals surface area contributed by atoms with Crippen LogP contribution in [-0.2, 0) is 11.3 Å². The van der Waals surface area contributed by atoms with Crippen LogP contribution in [0.1, 0.15) is 11.3 Å². The van der Waals surface area contributed by atoms with Gasteiger partial charge in [0.2, 0.25) is 5.91 Å². The summed E-state index contributed by atoms with van der Waals surface area (Å²) in [5.74, 6) is 0.270. The molecule has 2 aliphatic heterocycles. The third kappa shape index (κ3) is 5.34. The van der Waals surface area contributed by atoms with E-state index in [0.717, 1.165) is 64.6 Å². The number of aryl methyl sites for hydroxylation is 1. The van der Waals surface area contributed by atoms with Crippen LogP contribution in [0.25, 0.3) is 0 Å². The normalized spacial score (nSPS) is 18.8. The molecule has 3 heterocycles. The zero-order chi connectivity index (χ0) is 20.1. The Morgan fingerprint density at radius 1 is 0.897 bits per heavy atom. The molecule has 0 atom stereocenters. The third-order valence-electron chi connectivity index (χ3n) is 5.93. The predicted molar refractivity (Wildman–Crippen MR) is 116 cm³/mol. The summed E-state index contributed by atoms with van der Waals surface area (Å²) in [5.41, 5.74) is 3.66. The maximum Gasteiger partial charge on any atom is 0.236 e. The number of benzene rings is 1. The molecule has 6 heteroatoms. The molecule has 1 aromatic heterocycles. The highest BCUT2D eigenvalue weighted by Crippen LogP contribution is 2.18. The molecule has 2 aromatic rings. The lowest BCUT2D eigenvalue weighted by Gasteiger charge is -2.38. The molecular formula is C23H31N5O. The number of hydrogen-bond donors (Lipinski definition) is 0. The number of piperazine rings is 2. The van der Waals surface area contributed by atoms with Gasteiger partial charge in [-0.2, -0.15) is 0 Å². The topological polar surface area (TPSA) is 42.9 Å². The van der Waals surface area contributed by atoms with Crippen molar-refractivity contribution in [3.05, 3.63) is 59.9 Å². The molecule has 154 valence electrons. The van der Waals surface area contributed by atoms with Crippen molar-refractivity contribution in [3.63, 3.8) is 0 Å². The van der Waals surface area contributed by atoms with Crippen LogP contribution >= 0.6 is 0 Å². The minimum Gasteiger partial charge on any atom is -0.368 e. The molecule has 1 aromatic carbocycles. The van der Waals surface area contributed by atoms with E-state index in [9.17, 15) is 4.79 Å². The number of aromatic nitrogens is 1. The number of nitrogens with zero attached hydrogens (tertiary/aromatic N) is 5. The highest BCUT2D eigenvalue weighted by Gasteiger charge is 2.25. The van der Waals surface area contributed by atoms with Crippen LogP contribution in [0.5, 0.6) is 0 Å². The van der Waals surface area contributed by atoms with Gasteiger partial charge in [-0.25, -0.2) is 0 Å². The van der Waals surface area contributed by atoms with Crippen LogP contribution in [0.15, 0.2) is 48.7 Å². The molecule has 0 radical (unpaired) electrons. The minimum atomic E-state index is 0.270. The van der Waals surface area contributed by atoms with Gasteiger partial charge in [0, 0.05) is 70.8 Å². The molecule has 29 heavy (non-hydrogen) atoms. The van der Waals surface area contributed by atoms with Crippen LogP contribution in [-0.4, -0.2) is 84.5 Å². The van der Waals surface area contributed by atoms with Gasteiger partial charge in [0.05, 0.1) is 12.2 Å². The summed E-state index contributed by atoms with van der Waals surface area (Å²) in [6.07, 6.45) is 1.85. The van der Waals surface area contributed by atoms with Gasteiger partial charge in [-0.05, 0) is 36.8 Å². The standard InChI is InChI=1S/C23H31N5O/c1-20-5-4-7-22(17-20)27-13-15-28(16-14-27)23(29)19-26-11-9-25(10-12-26)18-21-6-2-3-8-24-21/h2-8,17H,9-16,18-19H2,1H3. The van der Waals surface area contributed by atoms with Gasteiger partial charge in [0.15, 0.2) is 0 Å². The highest BCUT2D eigenvalue weighted by atomic mass is 16.2. The van der Waals surface area contributed by atoms with E-state index in [4.69, 9.17) is 0 Å². The third-order valence-corrected chi connectivity index (χ3v) is 5.93. The van der Waals surface area contributed by atoms with Crippen molar-refractivity contribution in [3.8, 4) is 0 Å². The summed E-state index contributed by atoms with van der Waals surface area (Å²) in [6.45, 7) is 10.9. The number of pyridine rings is 1. The summed E-state index contributed by atoms with van der Waals surface area (Å²) in [5, 5.41) is 0. The predicted octanol–water partition coefficient (Wildman–Crippen LogP) is 1.86.